The summed E-state index contributed by atoms with van der Waals surface area (Å²) in [6.07, 6.45) is 4.60. The van der Waals surface area contributed by atoms with E-state index in [1.165, 1.54) is 23.5 Å². The molecule has 0 radical (unpaired) electrons. The predicted octanol–water partition coefficient (Wildman–Crippen LogP) is 3.48. The Kier molecular flexibility index (Phi) is 5.16. The lowest BCUT2D eigenvalue weighted by atomic mass is 9.94. The molecule has 1 amide bonds. The minimum absolute atomic E-state index is 0.141. The fraction of sp³-hybridized carbons (Fsp3) is 0.350. The van der Waals surface area contributed by atoms with Gasteiger partial charge in [0.25, 0.3) is 5.82 Å². The summed E-state index contributed by atoms with van der Waals surface area (Å²) in [7, 11) is 0. The minimum atomic E-state index is -0.670. The molecule has 0 unspecified atom stereocenters. The van der Waals surface area contributed by atoms with Crippen LogP contribution in [-0.2, 0) is 4.79 Å². The third kappa shape index (κ3) is 3.92. The first kappa shape index (κ1) is 18.9. The van der Waals surface area contributed by atoms with E-state index >= 15 is 0 Å². The Labute approximate surface area is 166 Å². The Morgan fingerprint density at radius 2 is 1.83 bits per heavy atom. The van der Waals surface area contributed by atoms with Crippen LogP contribution in [0.1, 0.15) is 30.9 Å². The lowest BCUT2D eigenvalue weighted by Gasteiger charge is -2.34. The van der Waals surface area contributed by atoms with Crippen LogP contribution in [0.5, 0.6) is 0 Å². The summed E-state index contributed by atoms with van der Waals surface area (Å²) in [4.78, 5) is 26.5. The van der Waals surface area contributed by atoms with E-state index in [0.717, 1.165) is 6.07 Å². The highest BCUT2D eigenvalue weighted by Crippen LogP contribution is 2.33. The van der Waals surface area contributed by atoms with Gasteiger partial charge in [0.1, 0.15) is 17.5 Å². The van der Waals surface area contributed by atoms with Gasteiger partial charge in [-0.2, -0.15) is 10.1 Å². The van der Waals surface area contributed by atoms with Crippen LogP contribution in [0.15, 0.2) is 35.7 Å². The molecule has 2 aliphatic heterocycles. The van der Waals surface area contributed by atoms with Gasteiger partial charge in [0, 0.05) is 43.8 Å². The number of hydrogen-bond acceptors (Lipinski definition) is 5. The molecule has 1 aromatic carbocycles. The van der Waals surface area contributed by atoms with E-state index in [1.807, 2.05) is 4.90 Å². The molecule has 3 heterocycles. The first-order valence-electron chi connectivity index (χ1n) is 9.31. The number of amides is 1. The zero-order valence-corrected chi connectivity index (χ0v) is 15.5. The summed E-state index contributed by atoms with van der Waals surface area (Å²) in [6.45, 7) is 8.29. The molecule has 0 aliphatic carbocycles. The molecule has 1 aromatic heterocycles. The molecule has 7 nitrogen and oxygen atoms in total. The molecule has 148 valence electrons. The van der Waals surface area contributed by atoms with E-state index in [9.17, 15) is 13.6 Å². The molecule has 1 saturated heterocycles. The number of hydrazone groups is 1. The summed E-state index contributed by atoms with van der Waals surface area (Å²) in [5.41, 5.74) is 0.401. The summed E-state index contributed by atoms with van der Waals surface area (Å²) in [6, 6.07) is 4.45. The van der Waals surface area contributed by atoms with E-state index in [1.54, 1.807) is 12.3 Å². The molecule has 0 spiro atoms. The van der Waals surface area contributed by atoms with Crippen LogP contribution in [0.2, 0.25) is 0 Å². The summed E-state index contributed by atoms with van der Waals surface area (Å²) >= 11 is 0. The van der Waals surface area contributed by atoms with Crippen LogP contribution in [-0.4, -0.2) is 40.2 Å². The van der Waals surface area contributed by atoms with Crippen LogP contribution in [0.4, 0.5) is 20.4 Å². The van der Waals surface area contributed by atoms with E-state index in [2.05, 4.69) is 19.9 Å². The van der Waals surface area contributed by atoms with Crippen molar-refractivity contribution < 1.29 is 13.6 Å². The van der Waals surface area contributed by atoms with Gasteiger partial charge in [-0.25, -0.2) is 13.8 Å². The van der Waals surface area contributed by atoms with Gasteiger partial charge in [-0.05, 0) is 30.5 Å². The minimum Gasteiger partial charge on any atom is -0.360 e. The van der Waals surface area contributed by atoms with Crippen molar-refractivity contribution in [3.05, 3.63) is 59.2 Å². The van der Waals surface area contributed by atoms with E-state index < -0.39 is 17.7 Å². The average Bonchev–Trinajstić information content (AvgIpc) is 3.23. The van der Waals surface area contributed by atoms with Gasteiger partial charge in [0.15, 0.2) is 0 Å². The number of benzene rings is 1. The Morgan fingerprint density at radius 3 is 2.52 bits per heavy atom. The molecule has 0 N–H and O–H groups in total. The number of carbonyl (C=O) groups excluding carboxylic acids is 1. The smallest absolute Gasteiger partial charge is 0.274 e. The summed E-state index contributed by atoms with van der Waals surface area (Å²) < 4.78 is 27.2. The maximum atomic E-state index is 13.6. The van der Waals surface area contributed by atoms with Gasteiger partial charge in [0.05, 0.1) is 6.04 Å². The quantitative estimate of drug-likeness (QED) is 0.745. The molecule has 29 heavy (non-hydrogen) atoms. The Morgan fingerprint density at radius 1 is 1.10 bits per heavy atom. The summed E-state index contributed by atoms with van der Waals surface area (Å²) in [5, 5.41) is 5.53. The SMILES string of the molecule is [C-]#[N+]c1cc(N2CCC(C(=O)N3N=CC[C@@H]3c3cc(F)cc(F)c3)CC2)ncn1. The largest absolute Gasteiger partial charge is 0.360 e. The van der Waals surface area contributed by atoms with Crippen LogP contribution in [0.25, 0.3) is 4.85 Å². The number of carbonyl (C=O) groups is 1. The highest BCUT2D eigenvalue weighted by Gasteiger charge is 2.35. The van der Waals surface area contributed by atoms with Crippen molar-refractivity contribution in [3.8, 4) is 0 Å². The zero-order valence-electron chi connectivity index (χ0n) is 15.5. The Hall–Kier alpha value is -3.41. The first-order valence-corrected chi connectivity index (χ1v) is 9.31. The zero-order chi connectivity index (χ0) is 20.4. The number of aromatic nitrogens is 2. The lowest BCUT2D eigenvalue weighted by molar-refractivity contribution is -0.138. The molecule has 1 fully saturated rings. The molecule has 9 heteroatoms. The molecule has 1 atom stereocenters. The monoisotopic (exact) mass is 396 g/mol. The Bertz CT molecular complexity index is 976. The number of hydrogen-bond donors (Lipinski definition) is 0. The molecular formula is C20H18F2N6O. The van der Waals surface area contributed by atoms with Gasteiger partial charge in [-0.3, -0.25) is 4.79 Å². The van der Waals surface area contributed by atoms with Crippen molar-refractivity contribution in [1.82, 2.24) is 15.0 Å². The number of piperidine rings is 1. The molecule has 2 aliphatic rings. The maximum absolute atomic E-state index is 13.6. The topological polar surface area (TPSA) is 66.1 Å². The second-order valence-corrected chi connectivity index (χ2v) is 7.04. The average molecular weight is 396 g/mol. The number of anilines is 1. The number of rotatable bonds is 3. The van der Waals surface area contributed by atoms with Crippen LogP contribution in [0.3, 0.4) is 0 Å². The fourth-order valence-corrected chi connectivity index (χ4v) is 3.78. The number of halogens is 2. The van der Waals surface area contributed by atoms with E-state index in [-0.39, 0.29) is 17.6 Å². The third-order valence-corrected chi connectivity index (χ3v) is 5.25. The summed E-state index contributed by atoms with van der Waals surface area (Å²) in [5.74, 6) is -0.761. The van der Waals surface area contributed by atoms with Crippen molar-refractivity contribution in [2.24, 2.45) is 11.0 Å². The standard InChI is InChI=1S/C20H18F2N6O/c1-23-18-11-19(25-12-24-18)27-6-3-13(4-7-27)20(29)28-17(2-5-26-28)14-8-15(21)10-16(22)9-14/h5,8-13,17H,2-4,6-7H2/t17-/m1/s1. The van der Waals surface area contributed by atoms with Gasteiger partial charge < -0.3 is 9.74 Å². The van der Waals surface area contributed by atoms with E-state index in [0.29, 0.717) is 43.7 Å². The van der Waals surface area contributed by atoms with Crippen LogP contribution >= 0.6 is 0 Å². The number of nitrogens with zero attached hydrogens (tertiary/aromatic N) is 6. The van der Waals surface area contributed by atoms with Crippen LogP contribution < -0.4 is 4.90 Å². The van der Waals surface area contributed by atoms with Crippen molar-refractivity contribution in [2.45, 2.75) is 25.3 Å². The third-order valence-electron chi connectivity index (χ3n) is 5.25. The van der Waals surface area contributed by atoms with Gasteiger partial charge in [-0.15, -0.1) is 4.98 Å². The molecule has 4 rings (SSSR count). The van der Waals surface area contributed by atoms with Crippen molar-refractivity contribution in [2.75, 3.05) is 18.0 Å². The molecule has 0 saturated carbocycles. The van der Waals surface area contributed by atoms with Crippen LogP contribution in [0, 0.1) is 24.1 Å². The highest BCUT2D eigenvalue weighted by atomic mass is 19.1. The first-order chi connectivity index (χ1) is 14.0. The highest BCUT2D eigenvalue weighted by molar-refractivity contribution is 5.82. The van der Waals surface area contributed by atoms with E-state index in [4.69, 9.17) is 6.57 Å². The van der Waals surface area contributed by atoms with Gasteiger partial charge in [-0.1, -0.05) is 6.57 Å². The second-order valence-electron chi connectivity index (χ2n) is 7.04. The van der Waals surface area contributed by atoms with Crippen molar-refractivity contribution in [3.63, 3.8) is 0 Å². The van der Waals surface area contributed by atoms with Crippen molar-refractivity contribution in [1.29, 1.82) is 0 Å². The van der Waals surface area contributed by atoms with Gasteiger partial charge >= 0.3 is 0 Å². The molecular weight excluding hydrogens is 378 g/mol. The lowest BCUT2D eigenvalue weighted by Crippen LogP contribution is -2.41. The predicted molar refractivity (Wildman–Crippen MR) is 102 cm³/mol. The normalized spacial score (nSPS) is 19.4. The fourth-order valence-electron chi connectivity index (χ4n) is 3.78. The molecule has 0 bridgehead atoms. The molecule has 2 aromatic rings. The van der Waals surface area contributed by atoms with Gasteiger partial charge in [0.2, 0.25) is 12.2 Å². The Balaban J connectivity index is 1.43. The van der Waals surface area contributed by atoms with Crippen molar-refractivity contribution >= 4 is 23.8 Å². The maximum Gasteiger partial charge on any atom is 0.274 e. The second kappa shape index (κ2) is 7.91.